The lowest BCUT2D eigenvalue weighted by Gasteiger charge is -2.15. The summed E-state index contributed by atoms with van der Waals surface area (Å²) in [6, 6.07) is 5.27. The zero-order valence-corrected chi connectivity index (χ0v) is 14.6. The van der Waals surface area contributed by atoms with Crippen molar-refractivity contribution in [2.75, 3.05) is 6.61 Å². The summed E-state index contributed by atoms with van der Waals surface area (Å²) >= 11 is 6.90. The average Bonchev–Trinajstić information content (AvgIpc) is 2.46. The van der Waals surface area contributed by atoms with E-state index in [0.29, 0.717) is 23.7 Å². The fourth-order valence-corrected chi connectivity index (χ4v) is 2.72. The highest BCUT2D eigenvalue weighted by molar-refractivity contribution is 9.10. The third-order valence-corrected chi connectivity index (χ3v) is 3.90. The molecule has 1 aromatic heterocycles. The molecule has 0 N–H and O–H groups in total. The predicted octanol–water partition coefficient (Wildman–Crippen LogP) is 4.86. The van der Waals surface area contributed by atoms with Crippen LogP contribution in [0.25, 0.3) is 0 Å². The average molecular weight is 419 g/mol. The molecule has 0 unspecified atom stereocenters. The first-order valence-electron chi connectivity index (χ1n) is 6.37. The van der Waals surface area contributed by atoms with Gasteiger partial charge in [-0.15, -0.1) is 0 Å². The molecular formula is C15H14Br2FNO2. The van der Waals surface area contributed by atoms with Crippen LogP contribution in [-0.2, 0) is 11.9 Å². The van der Waals surface area contributed by atoms with E-state index in [2.05, 4.69) is 36.8 Å². The van der Waals surface area contributed by atoms with Crippen LogP contribution in [0.3, 0.4) is 0 Å². The molecule has 0 aliphatic heterocycles. The van der Waals surface area contributed by atoms with E-state index in [9.17, 15) is 4.39 Å². The van der Waals surface area contributed by atoms with Crippen LogP contribution in [0.5, 0.6) is 11.5 Å². The van der Waals surface area contributed by atoms with Gasteiger partial charge in [-0.05, 0) is 46.6 Å². The Morgan fingerprint density at radius 1 is 1.14 bits per heavy atom. The highest BCUT2D eigenvalue weighted by atomic mass is 79.9. The highest BCUT2D eigenvalue weighted by Gasteiger charge is 2.12. The van der Waals surface area contributed by atoms with Gasteiger partial charge in [0.15, 0.2) is 11.5 Å². The van der Waals surface area contributed by atoms with Crippen molar-refractivity contribution in [3.05, 3.63) is 52.0 Å². The van der Waals surface area contributed by atoms with Crippen molar-refractivity contribution in [2.45, 2.75) is 18.9 Å². The van der Waals surface area contributed by atoms with Crippen LogP contribution < -0.4 is 9.47 Å². The predicted molar refractivity (Wildman–Crippen MR) is 86.5 cm³/mol. The molecule has 3 nitrogen and oxygen atoms in total. The third kappa shape index (κ3) is 4.41. The number of hydrogen-bond donors (Lipinski definition) is 0. The summed E-state index contributed by atoms with van der Waals surface area (Å²) in [6.07, 6.45) is 2.74. The van der Waals surface area contributed by atoms with E-state index in [-0.39, 0.29) is 12.4 Å². The van der Waals surface area contributed by atoms with Crippen molar-refractivity contribution in [1.82, 2.24) is 4.98 Å². The van der Waals surface area contributed by atoms with Crippen molar-refractivity contribution < 1.29 is 13.9 Å². The first-order chi connectivity index (χ1) is 10.1. The molecule has 0 fully saturated rings. The van der Waals surface area contributed by atoms with Crippen LogP contribution in [0.4, 0.5) is 4.39 Å². The lowest BCUT2D eigenvalue weighted by Crippen LogP contribution is -2.02. The van der Waals surface area contributed by atoms with E-state index in [1.54, 1.807) is 6.20 Å². The summed E-state index contributed by atoms with van der Waals surface area (Å²) in [4.78, 5) is 3.80. The van der Waals surface area contributed by atoms with Gasteiger partial charge in [0.1, 0.15) is 12.4 Å². The topological polar surface area (TPSA) is 31.4 Å². The van der Waals surface area contributed by atoms with Gasteiger partial charge in [0.2, 0.25) is 0 Å². The number of benzene rings is 1. The van der Waals surface area contributed by atoms with Gasteiger partial charge in [-0.25, -0.2) is 4.39 Å². The Morgan fingerprint density at radius 2 is 1.95 bits per heavy atom. The van der Waals surface area contributed by atoms with E-state index in [1.807, 2.05) is 19.1 Å². The van der Waals surface area contributed by atoms with E-state index >= 15 is 0 Å². The van der Waals surface area contributed by atoms with Crippen molar-refractivity contribution >= 4 is 31.9 Å². The van der Waals surface area contributed by atoms with Crippen LogP contribution in [-0.4, -0.2) is 11.6 Å². The third-order valence-electron chi connectivity index (χ3n) is 2.67. The number of aromatic nitrogens is 1. The largest absolute Gasteiger partial charge is 0.490 e. The maximum Gasteiger partial charge on any atom is 0.175 e. The first kappa shape index (κ1) is 16.2. The number of halogens is 3. The molecular weight excluding hydrogens is 405 g/mol. The van der Waals surface area contributed by atoms with Gasteiger partial charge in [0.25, 0.3) is 0 Å². The second-order valence-electron chi connectivity index (χ2n) is 4.27. The van der Waals surface area contributed by atoms with E-state index in [4.69, 9.17) is 9.47 Å². The Hall–Kier alpha value is -1.14. The molecule has 21 heavy (non-hydrogen) atoms. The summed E-state index contributed by atoms with van der Waals surface area (Å²) in [5.41, 5.74) is 1.74. The van der Waals surface area contributed by atoms with Gasteiger partial charge in [0.05, 0.1) is 17.3 Å². The Bertz CT molecular complexity index is 623. The van der Waals surface area contributed by atoms with Crippen LogP contribution in [0.2, 0.25) is 0 Å². The summed E-state index contributed by atoms with van der Waals surface area (Å²) in [5.74, 6) is 0.881. The molecule has 0 atom stereocenters. The van der Waals surface area contributed by atoms with Crippen LogP contribution in [0.1, 0.15) is 18.1 Å². The van der Waals surface area contributed by atoms with Crippen molar-refractivity contribution in [3.8, 4) is 11.5 Å². The number of rotatable bonds is 6. The second kappa shape index (κ2) is 7.75. The zero-order chi connectivity index (χ0) is 15.2. The lowest BCUT2D eigenvalue weighted by atomic mass is 10.2. The van der Waals surface area contributed by atoms with Gasteiger partial charge in [-0.2, -0.15) is 0 Å². The smallest absolute Gasteiger partial charge is 0.175 e. The van der Waals surface area contributed by atoms with Gasteiger partial charge in [0, 0.05) is 17.1 Å². The molecule has 1 heterocycles. The number of pyridine rings is 1. The second-order valence-corrected chi connectivity index (χ2v) is 5.69. The van der Waals surface area contributed by atoms with Crippen molar-refractivity contribution in [3.63, 3.8) is 0 Å². The SMILES string of the molecule is CCOc1cc(CBr)cc(Br)c1OCc1cncc(F)c1. The molecule has 0 aliphatic carbocycles. The number of ether oxygens (including phenoxy) is 2. The summed E-state index contributed by atoms with van der Waals surface area (Å²) in [5, 5.41) is 0.722. The Kier molecular flexibility index (Phi) is 5.99. The monoisotopic (exact) mass is 417 g/mol. The van der Waals surface area contributed by atoms with Gasteiger partial charge in [-0.1, -0.05) is 15.9 Å². The molecule has 0 amide bonds. The molecule has 6 heteroatoms. The van der Waals surface area contributed by atoms with Gasteiger partial charge < -0.3 is 9.47 Å². The quantitative estimate of drug-likeness (QED) is 0.628. The Labute approximate surface area is 139 Å². The van der Waals surface area contributed by atoms with E-state index in [0.717, 1.165) is 21.6 Å². The first-order valence-corrected chi connectivity index (χ1v) is 8.29. The normalized spacial score (nSPS) is 10.5. The van der Waals surface area contributed by atoms with E-state index in [1.165, 1.54) is 6.07 Å². The Balaban J connectivity index is 2.22. The standard InChI is InChI=1S/C15H14Br2FNO2/c1-2-20-14-5-10(6-16)4-13(17)15(14)21-9-11-3-12(18)8-19-7-11/h3-5,7-8H,2,6,9H2,1H3. The maximum absolute atomic E-state index is 13.1. The molecule has 0 radical (unpaired) electrons. The molecule has 0 spiro atoms. The minimum absolute atomic E-state index is 0.219. The molecule has 2 aromatic rings. The summed E-state index contributed by atoms with van der Waals surface area (Å²) in [6.45, 7) is 2.67. The molecule has 1 aromatic carbocycles. The number of hydrogen-bond acceptors (Lipinski definition) is 3. The lowest BCUT2D eigenvalue weighted by molar-refractivity contribution is 0.267. The van der Waals surface area contributed by atoms with Crippen LogP contribution >= 0.6 is 31.9 Å². The fourth-order valence-electron chi connectivity index (χ4n) is 1.79. The molecule has 112 valence electrons. The molecule has 0 bridgehead atoms. The van der Waals surface area contributed by atoms with Gasteiger partial charge >= 0.3 is 0 Å². The fraction of sp³-hybridized carbons (Fsp3) is 0.267. The van der Waals surface area contributed by atoms with Crippen LogP contribution in [0, 0.1) is 5.82 Å². The van der Waals surface area contributed by atoms with Crippen LogP contribution in [0.15, 0.2) is 35.1 Å². The molecule has 0 saturated carbocycles. The Morgan fingerprint density at radius 3 is 2.62 bits per heavy atom. The number of nitrogens with zero attached hydrogens (tertiary/aromatic N) is 1. The number of alkyl halides is 1. The summed E-state index contributed by atoms with van der Waals surface area (Å²) in [7, 11) is 0. The maximum atomic E-state index is 13.1. The summed E-state index contributed by atoms with van der Waals surface area (Å²) < 4.78 is 25.3. The molecule has 0 aliphatic rings. The van der Waals surface area contributed by atoms with Gasteiger partial charge in [-0.3, -0.25) is 4.98 Å². The van der Waals surface area contributed by atoms with Crippen molar-refractivity contribution in [2.24, 2.45) is 0 Å². The zero-order valence-electron chi connectivity index (χ0n) is 11.4. The highest BCUT2D eigenvalue weighted by Crippen LogP contribution is 2.38. The molecule has 0 saturated heterocycles. The van der Waals surface area contributed by atoms with E-state index < -0.39 is 0 Å². The van der Waals surface area contributed by atoms with Crippen molar-refractivity contribution in [1.29, 1.82) is 0 Å². The molecule has 2 rings (SSSR count). The minimum Gasteiger partial charge on any atom is -0.490 e. The minimum atomic E-state index is -0.380.